The zero-order valence-corrected chi connectivity index (χ0v) is 18.2. The van der Waals surface area contributed by atoms with Gasteiger partial charge in [-0.1, -0.05) is 60.7 Å². The Morgan fingerprint density at radius 2 is 1.48 bits per heavy atom. The average Bonchev–Trinajstić information content (AvgIpc) is 2.85. The lowest BCUT2D eigenvalue weighted by Crippen LogP contribution is -2.02. The standard InChI is InChI=1S/C29H22O4/c1-20-27(31-19-21-9-8-14-24(17-21)32-23-12-6-3-7-13-23)16-15-25-26(18-28(30)33-29(20)25)22-10-4-2-5-11-22/h2-18H,19H2,1H3. The van der Waals surface area contributed by atoms with Gasteiger partial charge in [0.25, 0.3) is 0 Å². The van der Waals surface area contributed by atoms with Gasteiger partial charge in [0.05, 0.1) is 0 Å². The lowest BCUT2D eigenvalue weighted by molar-refractivity contribution is 0.303. The first kappa shape index (κ1) is 20.6. The van der Waals surface area contributed by atoms with Crippen LogP contribution in [-0.4, -0.2) is 0 Å². The molecule has 0 fully saturated rings. The third-order valence-electron chi connectivity index (χ3n) is 5.47. The second-order valence-corrected chi connectivity index (χ2v) is 7.76. The van der Waals surface area contributed by atoms with E-state index in [0.29, 0.717) is 17.9 Å². The molecule has 0 radical (unpaired) electrons. The van der Waals surface area contributed by atoms with E-state index < -0.39 is 0 Å². The minimum atomic E-state index is -0.382. The van der Waals surface area contributed by atoms with Gasteiger partial charge in [-0.25, -0.2) is 4.79 Å². The first-order chi connectivity index (χ1) is 16.2. The minimum absolute atomic E-state index is 0.362. The molecule has 0 spiro atoms. The molecule has 0 aliphatic carbocycles. The molecule has 4 aromatic carbocycles. The van der Waals surface area contributed by atoms with E-state index in [1.165, 1.54) is 6.07 Å². The number of rotatable bonds is 6. The van der Waals surface area contributed by atoms with Gasteiger partial charge in [-0.3, -0.25) is 0 Å². The quantitative estimate of drug-likeness (QED) is 0.267. The Morgan fingerprint density at radius 1 is 0.758 bits per heavy atom. The highest BCUT2D eigenvalue weighted by atomic mass is 16.5. The van der Waals surface area contributed by atoms with Crippen LogP contribution in [0.25, 0.3) is 22.1 Å². The van der Waals surface area contributed by atoms with E-state index in [0.717, 1.165) is 39.1 Å². The van der Waals surface area contributed by atoms with Crippen LogP contribution in [0.3, 0.4) is 0 Å². The number of benzene rings is 4. The zero-order chi connectivity index (χ0) is 22.6. The normalized spacial score (nSPS) is 10.8. The van der Waals surface area contributed by atoms with Gasteiger partial charge in [0.2, 0.25) is 0 Å². The Kier molecular flexibility index (Phi) is 5.64. The molecule has 5 rings (SSSR count). The first-order valence-corrected chi connectivity index (χ1v) is 10.7. The van der Waals surface area contributed by atoms with Gasteiger partial charge >= 0.3 is 5.63 Å². The molecule has 0 saturated carbocycles. The van der Waals surface area contributed by atoms with Gasteiger partial charge in [0.15, 0.2) is 0 Å². The number of hydrogen-bond acceptors (Lipinski definition) is 4. The molecule has 0 aliphatic heterocycles. The number of fused-ring (bicyclic) bond motifs is 1. The number of para-hydroxylation sites is 1. The van der Waals surface area contributed by atoms with Crippen molar-refractivity contribution in [3.63, 3.8) is 0 Å². The summed E-state index contributed by atoms with van der Waals surface area (Å²) in [5.74, 6) is 2.20. The summed E-state index contributed by atoms with van der Waals surface area (Å²) in [7, 11) is 0. The van der Waals surface area contributed by atoms with Gasteiger partial charge in [0, 0.05) is 17.0 Å². The SMILES string of the molecule is Cc1c(OCc2cccc(Oc3ccccc3)c2)ccc2c(-c3ccccc3)cc(=O)oc12. The zero-order valence-electron chi connectivity index (χ0n) is 18.2. The molecule has 33 heavy (non-hydrogen) atoms. The number of ether oxygens (including phenoxy) is 2. The Balaban J connectivity index is 1.41. The van der Waals surface area contributed by atoms with Crippen LogP contribution in [0.4, 0.5) is 0 Å². The third kappa shape index (κ3) is 4.51. The van der Waals surface area contributed by atoms with Crippen molar-refractivity contribution in [2.24, 2.45) is 0 Å². The fourth-order valence-corrected chi connectivity index (χ4v) is 3.84. The van der Waals surface area contributed by atoms with Crippen molar-refractivity contribution in [3.8, 4) is 28.4 Å². The summed E-state index contributed by atoms with van der Waals surface area (Å²) in [5, 5.41) is 0.879. The molecule has 162 valence electrons. The summed E-state index contributed by atoms with van der Waals surface area (Å²) in [6.45, 7) is 2.27. The molecule has 4 nitrogen and oxygen atoms in total. The van der Waals surface area contributed by atoms with E-state index >= 15 is 0 Å². The Morgan fingerprint density at radius 3 is 2.27 bits per heavy atom. The molecule has 5 aromatic rings. The third-order valence-corrected chi connectivity index (χ3v) is 5.47. The topological polar surface area (TPSA) is 48.7 Å². The maximum atomic E-state index is 12.3. The van der Waals surface area contributed by atoms with E-state index in [1.807, 2.05) is 104 Å². The second kappa shape index (κ2) is 9.05. The average molecular weight is 434 g/mol. The smallest absolute Gasteiger partial charge is 0.336 e. The van der Waals surface area contributed by atoms with Crippen LogP contribution in [0.15, 0.2) is 112 Å². The molecule has 0 amide bonds. The van der Waals surface area contributed by atoms with E-state index in [2.05, 4.69) is 0 Å². The lowest BCUT2D eigenvalue weighted by atomic mass is 10.0. The van der Waals surface area contributed by atoms with Crippen molar-refractivity contribution in [1.29, 1.82) is 0 Å². The molecule has 4 heteroatoms. The highest BCUT2D eigenvalue weighted by molar-refractivity contribution is 5.95. The van der Waals surface area contributed by atoms with Crippen LogP contribution in [0.5, 0.6) is 17.2 Å². The van der Waals surface area contributed by atoms with Gasteiger partial charge in [-0.2, -0.15) is 0 Å². The summed E-state index contributed by atoms with van der Waals surface area (Å²) in [6.07, 6.45) is 0. The molecule has 0 saturated heterocycles. The largest absolute Gasteiger partial charge is 0.488 e. The lowest BCUT2D eigenvalue weighted by Gasteiger charge is -2.13. The highest BCUT2D eigenvalue weighted by Gasteiger charge is 2.13. The van der Waals surface area contributed by atoms with Crippen LogP contribution in [0.1, 0.15) is 11.1 Å². The van der Waals surface area contributed by atoms with E-state index in [1.54, 1.807) is 0 Å². The van der Waals surface area contributed by atoms with Crippen LogP contribution >= 0.6 is 0 Å². The fraction of sp³-hybridized carbons (Fsp3) is 0.0690. The maximum Gasteiger partial charge on any atom is 0.336 e. The van der Waals surface area contributed by atoms with Crippen LogP contribution in [0.2, 0.25) is 0 Å². The van der Waals surface area contributed by atoms with Crippen LogP contribution < -0.4 is 15.1 Å². The van der Waals surface area contributed by atoms with Crippen molar-refractivity contribution in [1.82, 2.24) is 0 Å². The predicted molar refractivity (Wildman–Crippen MR) is 130 cm³/mol. The number of aryl methyl sites for hydroxylation is 1. The summed E-state index contributed by atoms with van der Waals surface area (Å²) in [6, 6.07) is 32.7. The Hall–Kier alpha value is -4.31. The summed E-state index contributed by atoms with van der Waals surface area (Å²) < 4.78 is 17.6. The maximum absolute atomic E-state index is 12.3. The van der Waals surface area contributed by atoms with Crippen molar-refractivity contribution >= 4 is 11.0 Å². The van der Waals surface area contributed by atoms with Gasteiger partial charge < -0.3 is 13.9 Å². The highest BCUT2D eigenvalue weighted by Crippen LogP contribution is 2.33. The Labute approximate surface area is 191 Å². The summed E-state index contributed by atoms with van der Waals surface area (Å²) in [5.41, 5.74) is 3.75. The predicted octanol–water partition coefficient (Wildman–Crippen LogP) is 7.14. The van der Waals surface area contributed by atoms with Crippen LogP contribution in [0, 0.1) is 6.92 Å². The Bertz CT molecular complexity index is 1450. The molecule has 1 heterocycles. The fourth-order valence-electron chi connectivity index (χ4n) is 3.84. The second-order valence-electron chi connectivity index (χ2n) is 7.76. The molecular formula is C29H22O4. The van der Waals surface area contributed by atoms with E-state index in [4.69, 9.17) is 13.9 Å². The van der Waals surface area contributed by atoms with E-state index in [-0.39, 0.29) is 5.63 Å². The molecule has 0 bridgehead atoms. The monoisotopic (exact) mass is 434 g/mol. The van der Waals surface area contributed by atoms with Crippen molar-refractivity contribution in [3.05, 3.63) is 125 Å². The molecule has 0 unspecified atom stereocenters. The summed E-state index contributed by atoms with van der Waals surface area (Å²) in [4.78, 5) is 12.3. The summed E-state index contributed by atoms with van der Waals surface area (Å²) >= 11 is 0. The van der Waals surface area contributed by atoms with Crippen LogP contribution in [-0.2, 0) is 6.61 Å². The molecule has 0 atom stereocenters. The van der Waals surface area contributed by atoms with Gasteiger partial charge in [-0.15, -0.1) is 0 Å². The molecular weight excluding hydrogens is 412 g/mol. The first-order valence-electron chi connectivity index (χ1n) is 10.7. The van der Waals surface area contributed by atoms with Gasteiger partial charge in [-0.05, 0) is 60.0 Å². The van der Waals surface area contributed by atoms with Crippen molar-refractivity contribution in [2.45, 2.75) is 13.5 Å². The van der Waals surface area contributed by atoms with Gasteiger partial charge in [0.1, 0.15) is 29.4 Å². The van der Waals surface area contributed by atoms with E-state index in [9.17, 15) is 4.79 Å². The molecule has 1 aromatic heterocycles. The molecule has 0 N–H and O–H groups in total. The molecule has 0 aliphatic rings. The van der Waals surface area contributed by atoms with Crippen molar-refractivity contribution in [2.75, 3.05) is 0 Å². The van der Waals surface area contributed by atoms with Crippen molar-refractivity contribution < 1.29 is 13.9 Å². The number of hydrogen-bond donors (Lipinski definition) is 0. The minimum Gasteiger partial charge on any atom is -0.488 e.